The van der Waals surface area contributed by atoms with E-state index in [9.17, 15) is 4.79 Å². The van der Waals surface area contributed by atoms with Crippen LogP contribution in [0.1, 0.15) is 32.6 Å². The lowest BCUT2D eigenvalue weighted by atomic mass is 9.87. The van der Waals surface area contributed by atoms with Crippen molar-refractivity contribution in [1.29, 1.82) is 0 Å². The number of carbonyl (C=O) groups is 1. The van der Waals surface area contributed by atoms with E-state index in [0.29, 0.717) is 18.0 Å². The van der Waals surface area contributed by atoms with E-state index in [-0.39, 0.29) is 5.97 Å². The van der Waals surface area contributed by atoms with Crippen LogP contribution in [0.15, 0.2) is 11.6 Å². The first kappa shape index (κ1) is 10.7. The van der Waals surface area contributed by atoms with Gasteiger partial charge in [-0.2, -0.15) is 0 Å². The van der Waals surface area contributed by atoms with Gasteiger partial charge in [0.25, 0.3) is 0 Å². The number of hydrogen-bond acceptors (Lipinski definition) is 3. The third kappa shape index (κ3) is 2.23. The normalized spacial score (nSPS) is 32.9. The number of fused-ring (bicyclic) bond motifs is 1. The molecule has 3 atom stereocenters. The fraction of sp³-hybridized carbons (Fsp3) is 0.750. The van der Waals surface area contributed by atoms with Crippen LogP contribution in [0.3, 0.4) is 0 Å². The summed E-state index contributed by atoms with van der Waals surface area (Å²) < 4.78 is 4.77. The third-order valence-electron chi connectivity index (χ3n) is 3.39. The second-order valence-corrected chi connectivity index (χ2v) is 4.49. The van der Waals surface area contributed by atoms with Gasteiger partial charge < -0.3 is 10.1 Å². The van der Waals surface area contributed by atoms with Crippen molar-refractivity contribution in [2.45, 2.75) is 44.7 Å². The fourth-order valence-electron chi connectivity index (χ4n) is 2.45. The molecule has 0 aromatic heterocycles. The molecular formula is C12H19NO2. The first-order chi connectivity index (χ1) is 7.26. The topological polar surface area (TPSA) is 48.2 Å². The molecular weight excluding hydrogens is 190 g/mol. The van der Waals surface area contributed by atoms with E-state index in [1.165, 1.54) is 26.4 Å². The van der Waals surface area contributed by atoms with Gasteiger partial charge >= 0.3 is 5.97 Å². The highest BCUT2D eigenvalue weighted by molar-refractivity contribution is 5.89. The van der Waals surface area contributed by atoms with Gasteiger partial charge in [0.05, 0.1) is 7.11 Å². The summed E-state index contributed by atoms with van der Waals surface area (Å²) in [6.45, 7) is 2.20. The van der Waals surface area contributed by atoms with Crippen LogP contribution in [0.25, 0.3) is 0 Å². The molecule has 3 nitrogen and oxygen atoms in total. The monoisotopic (exact) mass is 209 g/mol. The van der Waals surface area contributed by atoms with Crippen molar-refractivity contribution < 1.29 is 9.53 Å². The standard InChI is InChI=1S/C12H19NO2/c1-3-4-5-8-6-9(12(14)15-2)7-10-11(8)13-10/h6,8,10-11,13H,3-5,7H2,1-2H3/t8-,10-,11+/m1/s1. The fourth-order valence-corrected chi connectivity index (χ4v) is 2.45. The molecule has 0 unspecified atom stereocenters. The van der Waals surface area contributed by atoms with Crippen LogP contribution in [-0.4, -0.2) is 25.2 Å². The Morgan fingerprint density at radius 1 is 1.67 bits per heavy atom. The van der Waals surface area contributed by atoms with Crippen molar-refractivity contribution in [3.05, 3.63) is 11.6 Å². The van der Waals surface area contributed by atoms with Crippen LogP contribution in [0, 0.1) is 5.92 Å². The Hall–Kier alpha value is -0.830. The number of ether oxygens (including phenoxy) is 1. The predicted molar refractivity (Wildman–Crippen MR) is 58.4 cm³/mol. The van der Waals surface area contributed by atoms with E-state index in [1.54, 1.807) is 0 Å². The van der Waals surface area contributed by atoms with E-state index in [0.717, 1.165) is 12.0 Å². The molecule has 2 aliphatic rings. The summed E-state index contributed by atoms with van der Waals surface area (Å²) in [5.41, 5.74) is 0.866. The number of unbranched alkanes of at least 4 members (excludes halogenated alkanes) is 1. The van der Waals surface area contributed by atoms with E-state index in [4.69, 9.17) is 4.74 Å². The van der Waals surface area contributed by atoms with E-state index in [2.05, 4.69) is 18.3 Å². The van der Waals surface area contributed by atoms with E-state index >= 15 is 0 Å². The molecule has 0 aromatic rings. The molecule has 1 aliphatic heterocycles. The first-order valence-corrected chi connectivity index (χ1v) is 5.81. The van der Waals surface area contributed by atoms with Gasteiger partial charge in [0.2, 0.25) is 0 Å². The van der Waals surface area contributed by atoms with Crippen molar-refractivity contribution in [2.24, 2.45) is 5.92 Å². The van der Waals surface area contributed by atoms with Crippen LogP contribution < -0.4 is 5.32 Å². The van der Waals surface area contributed by atoms with Crippen LogP contribution in [0.2, 0.25) is 0 Å². The van der Waals surface area contributed by atoms with Crippen molar-refractivity contribution in [2.75, 3.05) is 7.11 Å². The Morgan fingerprint density at radius 3 is 3.13 bits per heavy atom. The van der Waals surface area contributed by atoms with Gasteiger partial charge in [-0.1, -0.05) is 25.8 Å². The molecule has 1 aliphatic carbocycles. The molecule has 2 rings (SSSR count). The Kier molecular flexibility index (Phi) is 3.10. The summed E-state index contributed by atoms with van der Waals surface area (Å²) in [7, 11) is 1.45. The van der Waals surface area contributed by atoms with Crippen molar-refractivity contribution in [3.63, 3.8) is 0 Å². The van der Waals surface area contributed by atoms with E-state index < -0.39 is 0 Å². The summed E-state index contributed by atoms with van der Waals surface area (Å²) >= 11 is 0. The average molecular weight is 209 g/mol. The molecule has 0 saturated carbocycles. The molecule has 84 valence electrons. The van der Waals surface area contributed by atoms with Crippen LogP contribution in [0.4, 0.5) is 0 Å². The summed E-state index contributed by atoms with van der Waals surface area (Å²) in [4.78, 5) is 11.4. The second kappa shape index (κ2) is 4.35. The minimum atomic E-state index is -0.149. The highest BCUT2D eigenvalue weighted by Gasteiger charge is 2.45. The highest BCUT2D eigenvalue weighted by atomic mass is 16.5. The molecule has 0 radical (unpaired) electrons. The minimum absolute atomic E-state index is 0.149. The maximum absolute atomic E-state index is 11.4. The van der Waals surface area contributed by atoms with Gasteiger partial charge in [-0.25, -0.2) is 4.79 Å². The molecule has 0 aromatic carbocycles. The van der Waals surface area contributed by atoms with Gasteiger partial charge in [0.1, 0.15) is 0 Å². The maximum atomic E-state index is 11.4. The van der Waals surface area contributed by atoms with Crippen LogP contribution in [0.5, 0.6) is 0 Å². The summed E-state index contributed by atoms with van der Waals surface area (Å²) in [5, 5.41) is 3.44. The molecule has 15 heavy (non-hydrogen) atoms. The SMILES string of the molecule is CCCC[C@@H]1C=C(C(=O)OC)C[C@H]2N[C@@H]12. The maximum Gasteiger partial charge on any atom is 0.333 e. The quantitative estimate of drug-likeness (QED) is 0.565. The van der Waals surface area contributed by atoms with Crippen molar-refractivity contribution in [3.8, 4) is 0 Å². The molecule has 0 bridgehead atoms. The Bertz CT molecular complexity index is 285. The van der Waals surface area contributed by atoms with E-state index in [1.807, 2.05) is 0 Å². The minimum Gasteiger partial charge on any atom is -0.466 e. The largest absolute Gasteiger partial charge is 0.466 e. The van der Waals surface area contributed by atoms with Gasteiger partial charge in [0, 0.05) is 17.7 Å². The average Bonchev–Trinajstić information content (AvgIpc) is 3.03. The molecule has 1 heterocycles. The van der Waals surface area contributed by atoms with Crippen molar-refractivity contribution in [1.82, 2.24) is 5.32 Å². The smallest absolute Gasteiger partial charge is 0.333 e. The number of carbonyl (C=O) groups excluding carboxylic acids is 1. The number of nitrogens with one attached hydrogen (secondary N) is 1. The van der Waals surface area contributed by atoms with Crippen molar-refractivity contribution >= 4 is 5.97 Å². The molecule has 1 saturated heterocycles. The highest BCUT2D eigenvalue weighted by Crippen LogP contribution is 2.36. The lowest BCUT2D eigenvalue weighted by Crippen LogP contribution is -2.19. The van der Waals surface area contributed by atoms with Gasteiger partial charge in [-0.3, -0.25) is 0 Å². The number of rotatable bonds is 4. The third-order valence-corrected chi connectivity index (χ3v) is 3.39. The zero-order valence-electron chi connectivity index (χ0n) is 9.45. The van der Waals surface area contributed by atoms with Gasteiger partial charge in [-0.15, -0.1) is 0 Å². The summed E-state index contributed by atoms with van der Waals surface area (Å²) in [6, 6.07) is 1.16. The molecule has 3 heteroatoms. The number of esters is 1. The predicted octanol–water partition coefficient (Wildman–Crippen LogP) is 1.64. The lowest BCUT2D eigenvalue weighted by molar-refractivity contribution is -0.136. The second-order valence-electron chi connectivity index (χ2n) is 4.49. The molecule has 1 N–H and O–H groups in total. The zero-order valence-corrected chi connectivity index (χ0v) is 9.45. The van der Waals surface area contributed by atoms with Gasteiger partial charge in [0.15, 0.2) is 0 Å². The lowest BCUT2D eigenvalue weighted by Gasteiger charge is -2.17. The summed E-state index contributed by atoms with van der Waals surface area (Å²) in [6.07, 6.45) is 6.61. The molecule has 1 fully saturated rings. The zero-order chi connectivity index (χ0) is 10.8. The Balaban J connectivity index is 2.00. The number of hydrogen-bond donors (Lipinski definition) is 1. The number of methoxy groups -OCH3 is 1. The molecule has 0 spiro atoms. The van der Waals surface area contributed by atoms with Gasteiger partial charge in [-0.05, 0) is 18.8 Å². The molecule has 0 amide bonds. The summed E-state index contributed by atoms with van der Waals surface area (Å²) in [5.74, 6) is 0.390. The Labute approximate surface area is 90.9 Å². The Morgan fingerprint density at radius 2 is 2.47 bits per heavy atom. The van der Waals surface area contributed by atoms with Crippen LogP contribution >= 0.6 is 0 Å². The first-order valence-electron chi connectivity index (χ1n) is 5.81. The van der Waals surface area contributed by atoms with Crippen LogP contribution in [-0.2, 0) is 9.53 Å².